The van der Waals surface area contributed by atoms with E-state index >= 15 is 0 Å². The highest BCUT2D eigenvalue weighted by atomic mass is 32.2. The fourth-order valence-corrected chi connectivity index (χ4v) is 11.7. The molecule has 12 N–H and O–H groups in total. The number of rotatable bonds is 38. The van der Waals surface area contributed by atoms with Crippen molar-refractivity contribution in [3.05, 3.63) is 24.8 Å². The summed E-state index contributed by atoms with van der Waals surface area (Å²) in [5.74, 6) is -1.14. The molecule has 0 radical (unpaired) electrons. The number of aliphatic hydroxyl groups is 4. The van der Waals surface area contributed by atoms with Crippen molar-refractivity contribution in [1.82, 2.24) is 30.2 Å². The number of anilines is 1. The Balaban J connectivity index is 0.983. The molecular formula is C46H80N7O21P3S. The van der Waals surface area contributed by atoms with Gasteiger partial charge in [-0.1, -0.05) is 109 Å². The molecule has 446 valence electrons. The minimum Gasteiger partial charge on any atom is -0.390 e. The zero-order chi connectivity index (χ0) is 57.5. The van der Waals surface area contributed by atoms with Crippen molar-refractivity contribution in [3.63, 3.8) is 0 Å². The number of phosphoric ester groups is 3. The molecule has 4 rings (SSSR count). The first kappa shape index (κ1) is 67.6. The molecule has 2 aromatic heterocycles. The number of carbonyl (C=O) groups excluding carboxylic acids is 3. The molecule has 2 fully saturated rings. The largest absolute Gasteiger partial charge is 0.481 e. The summed E-state index contributed by atoms with van der Waals surface area (Å²) >= 11 is 1.06. The van der Waals surface area contributed by atoms with Crippen molar-refractivity contribution in [3.8, 4) is 0 Å². The van der Waals surface area contributed by atoms with E-state index in [2.05, 4.69) is 34.4 Å². The molecule has 32 heteroatoms. The van der Waals surface area contributed by atoms with Gasteiger partial charge < -0.3 is 70.6 Å². The Kier molecular flexibility index (Phi) is 28.9. The Labute approximate surface area is 457 Å². The van der Waals surface area contributed by atoms with E-state index in [1.54, 1.807) is 6.92 Å². The second-order valence-corrected chi connectivity index (χ2v) is 25.2. The number of phosphoric acid groups is 3. The molecule has 2 aliphatic rings. The van der Waals surface area contributed by atoms with Crippen LogP contribution in [0.15, 0.2) is 24.8 Å². The summed E-state index contributed by atoms with van der Waals surface area (Å²) in [7, 11) is -16.4. The third kappa shape index (κ3) is 24.3. The molecule has 78 heavy (non-hydrogen) atoms. The zero-order valence-electron chi connectivity index (χ0n) is 44.3. The normalized spacial score (nSPS) is 24.0. The van der Waals surface area contributed by atoms with Gasteiger partial charge in [-0.05, 0) is 32.3 Å². The lowest BCUT2D eigenvalue weighted by Gasteiger charge is -2.35. The smallest absolute Gasteiger partial charge is 0.390 e. The third-order valence-corrected chi connectivity index (χ3v) is 16.7. The lowest BCUT2D eigenvalue weighted by atomic mass is 9.87. The monoisotopic (exact) mass is 1190 g/mol. The Morgan fingerprint density at radius 1 is 0.859 bits per heavy atom. The van der Waals surface area contributed by atoms with Crippen LogP contribution in [0.4, 0.5) is 5.82 Å². The van der Waals surface area contributed by atoms with Crippen LogP contribution >= 0.6 is 35.2 Å². The number of allylic oxidation sites excluding steroid dienone is 1. The van der Waals surface area contributed by atoms with E-state index in [4.69, 9.17) is 29.0 Å². The molecule has 2 amide bonds. The van der Waals surface area contributed by atoms with Crippen molar-refractivity contribution >= 4 is 69.1 Å². The van der Waals surface area contributed by atoms with E-state index in [0.717, 1.165) is 67.5 Å². The molecule has 0 aliphatic carbocycles. The molecule has 0 saturated carbocycles. The highest BCUT2D eigenvalue weighted by molar-refractivity contribution is 8.14. The SMILES string of the molecule is C[C@@H]1O[C@@H](OCCCCCCCCCCCCCCCC/C=C/C(=O)SCCNC(=O)CCNC(=O)[C@H](O)C(C)(C)COP(=O)(O)OP(=O)(O)OC[C@H]2O[C@@H](n3cnc4c(N)ncnc43)[C@H](O)[C@@H]2OP(=O)(O)O)[C@H](O)C[C@H]1O. The van der Waals surface area contributed by atoms with Crippen LogP contribution in [0.5, 0.6) is 0 Å². The molecule has 11 atom stereocenters. The summed E-state index contributed by atoms with van der Waals surface area (Å²) in [4.78, 5) is 88.5. The van der Waals surface area contributed by atoms with Gasteiger partial charge in [0.2, 0.25) is 16.9 Å². The van der Waals surface area contributed by atoms with Crippen LogP contribution in [0.25, 0.3) is 11.2 Å². The van der Waals surface area contributed by atoms with Crippen LogP contribution in [-0.4, -0.2) is 164 Å². The minimum atomic E-state index is -5.59. The maximum absolute atomic E-state index is 12.8. The molecule has 28 nitrogen and oxygen atoms in total. The number of nitrogens with one attached hydrogen (secondary N) is 2. The summed E-state index contributed by atoms with van der Waals surface area (Å²) in [6, 6.07) is 0. The van der Waals surface area contributed by atoms with Crippen LogP contribution in [0, 0.1) is 5.41 Å². The number of hydrogen-bond acceptors (Lipinski definition) is 22. The molecule has 0 aromatic carbocycles. The number of amides is 2. The second-order valence-electron chi connectivity index (χ2n) is 19.8. The van der Waals surface area contributed by atoms with Gasteiger partial charge in [0.25, 0.3) is 0 Å². The number of ether oxygens (including phenoxy) is 3. The van der Waals surface area contributed by atoms with Crippen molar-refractivity contribution in [2.24, 2.45) is 5.41 Å². The van der Waals surface area contributed by atoms with Crippen LogP contribution < -0.4 is 16.4 Å². The van der Waals surface area contributed by atoms with Crippen LogP contribution in [-0.2, 0) is 60.2 Å². The maximum atomic E-state index is 12.8. The fourth-order valence-electron chi connectivity index (χ4n) is 8.29. The predicted octanol–water partition coefficient (Wildman–Crippen LogP) is 3.95. The van der Waals surface area contributed by atoms with E-state index < -0.39 is 103 Å². The zero-order valence-corrected chi connectivity index (χ0v) is 47.8. The average molecular weight is 1190 g/mol. The first-order valence-corrected chi connectivity index (χ1v) is 31.7. The van der Waals surface area contributed by atoms with Gasteiger partial charge >= 0.3 is 23.5 Å². The molecule has 2 saturated heterocycles. The third-order valence-electron chi connectivity index (χ3n) is 12.7. The van der Waals surface area contributed by atoms with Crippen LogP contribution in [0.2, 0.25) is 0 Å². The number of aromatic nitrogens is 4. The van der Waals surface area contributed by atoms with Crippen molar-refractivity contribution < 1.29 is 100 Å². The van der Waals surface area contributed by atoms with Gasteiger partial charge in [-0.2, -0.15) is 4.31 Å². The Morgan fingerprint density at radius 2 is 1.47 bits per heavy atom. The summed E-state index contributed by atoms with van der Waals surface area (Å²) in [6.07, 6.45) is 11.5. The summed E-state index contributed by atoms with van der Waals surface area (Å²) in [5.41, 5.74) is 4.27. The van der Waals surface area contributed by atoms with E-state index in [0.29, 0.717) is 12.4 Å². The van der Waals surface area contributed by atoms with E-state index in [-0.39, 0.29) is 54.1 Å². The van der Waals surface area contributed by atoms with Gasteiger partial charge in [-0.3, -0.25) is 32.5 Å². The minimum absolute atomic E-state index is 0.0276. The van der Waals surface area contributed by atoms with E-state index in [1.807, 2.05) is 6.08 Å². The highest BCUT2D eigenvalue weighted by Crippen LogP contribution is 2.61. The second kappa shape index (κ2) is 33.3. The first-order chi connectivity index (χ1) is 36.8. The number of hydrogen-bond donors (Lipinski definition) is 11. The topological polar surface area (TPSA) is 423 Å². The average Bonchev–Trinajstić information content (AvgIpc) is 3.99. The summed E-state index contributed by atoms with van der Waals surface area (Å²) in [6.45, 7) is 2.80. The van der Waals surface area contributed by atoms with Gasteiger partial charge in [-0.15, -0.1) is 0 Å². The van der Waals surface area contributed by atoms with E-state index in [9.17, 15) is 68.1 Å². The standard InChI is InChI=1S/C46H80N7O21P3S/c1-31-32(54)26-33(55)45(71-31)68-24-19-17-15-13-11-9-7-5-4-6-8-10-12-14-16-18-20-36(57)78-25-23-48-35(56)21-22-49-43(60)40(59)46(2,3)28-70-77(66,67)74-76(64,65)69-27-34-39(73-75(61,62)63)38(58)44(72-34)53-30-52-37-41(47)50-29-51-42(37)53/h18,20,29-34,38-40,44-45,54-55,58-59H,4-17,19,21-28H2,1-3H3,(H,48,56)(H,49,60)(H,64,65)(H,66,67)(H2,47,50,51)(H2,61,62,63)/b20-18+/t31-,32+,33+,34+,38+,39+,40-,44+,45+/m0/s1. The first-order valence-electron chi connectivity index (χ1n) is 26.1. The Morgan fingerprint density at radius 3 is 2.12 bits per heavy atom. The number of imidazole rings is 1. The summed E-state index contributed by atoms with van der Waals surface area (Å²) < 4.78 is 73.7. The maximum Gasteiger partial charge on any atom is 0.481 e. The van der Waals surface area contributed by atoms with Gasteiger partial charge in [0, 0.05) is 43.7 Å². The Hall–Kier alpha value is -2.86. The predicted molar refractivity (Wildman–Crippen MR) is 282 cm³/mol. The molecular weight excluding hydrogens is 1110 g/mol. The molecule has 4 heterocycles. The van der Waals surface area contributed by atoms with Crippen molar-refractivity contribution in [2.45, 2.75) is 185 Å². The van der Waals surface area contributed by atoms with Crippen LogP contribution in [0.1, 0.15) is 136 Å². The van der Waals surface area contributed by atoms with Crippen molar-refractivity contribution in [2.75, 3.05) is 44.4 Å². The number of fused-ring (bicyclic) bond motifs is 1. The number of carbonyl (C=O) groups is 3. The van der Waals surface area contributed by atoms with Gasteiger partial charge in [-0.25, -0.2) is 28.6 Å². The number of unbranched alkanes of at least 4 members (excludes halogenated alkanes) is 14. The molecule has 2 aromatic rings. The van der Waals surface area contributed by atoms with Crippen molar-refractivity contribution in [1.29, 1.82) is 0 Å². The van der Waals surface area contributed by atoms with Gasteiger partial charge in [0.1, 0.15) is 42.4 Å². The van der Waals surface area contributed by atoms with Gasteiger partial charge in [0.05, 0.1) is 31.7 Å². The number of nitrogens with zero attached hydrogens (tertiary/aromatic N) is 4. The summed E-state index contributed by atoms with van der Waals surface area (Å²) in [5, 5.41) is 46.2. The Bertz CT molecular complexity index is 2350. The van der Waals surface area contributed by atoms with Gasteiger partial charge in [0.15, 0.2) is 24.0 Å². The number of aliphatic hydroxyl groups excluding tert-OH is 4. The number of nitrogen functional groups attached to an aromatic ring is 1. The molecule has 0 spiro atoms. The lowest BCUT2D eigenvalue weighted by Crippen LogP contribution is -2.47. The van der Waals surface area contributed by atoms with Crippen LogP contribution in [0.3, 0.4) is 0 Å². The highest BCUT2D eigenvalue weighted by Gasteiger charge is 2.50. The molecule has 0 bridgehead atoms. The lowest BCUT2D eigenvalue weighted by molar-refractivity contribution is -0.261. The molecule has 2 unspecified atom stereocenters. The number of nitrogens with two attached hydrogens (primary N) is 1. The fraction of sp³-hybridized carbons (Fsp3) is 0.783. The number of thioether (sulfide) groups is 1. The molecule has 2 aliphatic heterocycles. The van der Waals surface area contributed by atoms with E-state index in [1.165, 1.54) is 77.7 Å². The quantitative estimate of drug-likeness (QED) is 0.0257.